The van der Waals surface area contributed by atoms with Crippen LogP contribution in [0.4, 0.5) is 33.3 Å². The lowest BCUT2D eigenvalue weighted by atomic mass is 10.1. The van der Waals surface area contributed by atoms with Crippen molar-refractivity contribution in [3.05, 3.63) is 63.7 Å². The molecular weight excluding hydrogens is 583 g/mol. The molecule has 1 amide bonds. The molecular formula is C28H35F5N4O6. The summed E-state index contributed by atoms with van der Waals surface area (Å²) in [6, 6.07) is 6.08. The number of piperidine rings is 1. The lowest BCUT2D eigenvalue weighted by Gasteiger charge is -2.37. The quantitative estimate of drug-likeness (QED) is 0.256. The van der Waals surface area contributed by atoms with Gasteiger partial charge in [0.2, 0.25) is 5.91 Å². The molecule has 238 valence electrons. The van der Waals surface area contributed by atoms with Gasteiger partial charge in [-0.3, -0.25) is 24.6 Å². The average Bonchev–Trinajstić information content (AvgIpc) is 2.91. The van der Waals surface area contributed by atoms with Crippen molar-refractivity contribution in [3.63, 3.8) is 0 Å². The van der Waals surface area contributed by atoms with Crippen molar-refractivity contribution >= 4 is 23.3 Å². The largest absolute Gasteiger partial charge is 0.490 e. The van der Waals surface area contributed by atoms with E-state index >= 15 is 0 Å². The van der Waals surface area contributed by atoms with Gasteiger partial charge in [0.15, 0.2) is 0 Å². The molecule has 15 heteroatoms. The minimum Gasteiger partial charge on any atom is -0.490 e. The molecule has 4 rings (SSSR count). The number of nitro benzene ring substituents is 1. The number of ether oxygens (including phenoxy) is 1. The average molecular weight is 619 g/mol. The summed E-state index contributed by atoms with van der Waals surface area (Å²) in [4.78, 5) is 37.2. The van der Waals surface area contributed by atoms with E-state index in [9.17, 15) is 36.9 Å². The molecule has 0 atom stereocenters. The standard InChI is InChI=1S/C25H27F5N4O4.C2H4O2.CH4/c26-17-1-3-23(21(27)15-17)32-13-11-31(12-14-32)8-7-24(35)33-9-5-18(6-10-33)38-19-2-4-22(34(36)37)20(16-19)25(28,29)30;1-2(3)4;/h1-4,15-16,18H,5-14H2;1H3,(H,3,4);1H4. The Labute approximate surface area is 245 Å². The minimum absolute atomic E-state index is 0. The molecule has 0 aromatic heterocycles. The highest BCUT2D eigenvalue weighted by atomic mass is 19.4. The Kier molecular flexibility index (Phi) is 12.6. The highest BCUT2D eigenvalue weighted by Gasteiger charge is 2.39. The third-order valence-electron chi connectivity index (χ3n) is 6.83. The Hall–Kier alpha value is -4.01. The second-order valence-electron chi connectivity index (χ2n) is 9.83. The van der Waals surface area contributed by atoms with E-state index in [0.29, 0.717) is 76.8 Å². The second-order valence-corrected chi connectivity index (χ2v) is 9.83. The van der Waals surface area contributed by atoms with Gasteiger partial charge in [-0.15, -0.1) is 0 Å². The number of carboxylic acids is 1. The number of piperazine rings is 1. The summed E-state index contributed by atoms with van der Waals surface area (Å²) in [5.41, 5.74) is -2.04. The van der Waals surface area contributed by atoms with E-state index in [-0.39, 0.29) is 19.1 Å². The predicted molar refractivity (Wildman–Crippen MR) is 148 cm³/mol. The van der Waals surface area contributed by atoms with Gasteiger partial charge >= 0.3 is 6.18 Å². The predicted octanol–water partition coefficient (Wildman–Crippen LogP) is 5.20. The molecule has 1 N–H and O–H groups in total. The number of carbonyl (C=O) groups is 2. The van der Waals surface area contributed by atoms with Crippen LogP contribution in [0.1, 0.15) is 39.2 Å². The second kappa shape index (κ2) is 15.5. The molecule has 2 aromatic rings. The number of alkyl halides is 3. The molecule has 0 unspecified atom stereocenters. The number of rotatable bonds is 7. The van der Waals surface area contributed by atoms with Crippen molar-refractivity contribution in [2.24, 2.45) is 0 Å². The Balaban J connectivity index is 0.00000121. The topological polar surface area (TPSA) is 116 Å². The van der Waals surface area contributed by atoms with Gasteiger partial charge in [-0.25, -0.2) is 8.78 Å². The van der Waals surface area contributed by atoms with Crippen molar-refractivity contribution in [1.29, 1.82) is 0 Å². The van der Waals surface area contributed by atoms with Gasteiger partial charge in [-0.2, -0.15) is 13.2 Å². The van der Waals surface area contributed by atoms with Crippen LogP contribution in [0, 0.1) is 21.7 Å². The smallest absolute Gasteiger partial charge is 0.423 e. The van der Waals surface area contributed by atoms with Crippen molar-refractivity contribution in [1.82, 2.24) is 9.80 Å². The molecule has 2 fully saturated rings. The van der Waals surface area contributed by atoms with E-state index in [0.717, 1.165) is 25.1 Å². The summed E-state index contributed by atoms with van der Waals surface area (Å²) in [5, 5.41) is 18.3. The summed E-state index contributed by atoms with van der Waals surface area (Å²) < 4.78 is 72.4. The molecule has 2 aliphatic heterocycles. The van der Waals surface area contributed by atoms with Gasteiger partial charge in [0.1, 0.15) is 29.1 Å². The van der Waals surface area contributed by atoms with E-state index in [1.165, 1.54) is 12.1 Å². The van der Waals surface area contributed by atoms with E-state index in [2.05, 4.69) is 4.90 Å². The number of carbonyl (C=O) groups excluding carboxylic acids is 1. The maximum absolute atomic E-state index is 14.0. The first-order chi connectivity index (χ1) is 19.7. The Morgan fingerprint density at radius 2 is 1.63 bits per heavy atom. The fourth-order valence-corrected chi connectivity index (χ4v) is 4.75. The number of benzene rings is 2. The van der Waals surface area contributed by atoms with E-state index < -0.39 is 46.1 Å². The van der Waals surface area contributed by atoms with Crippen LogP contribution in [-0.4, -0.2) is 83.6 Å². The molecule has 43 heavy (non-hydrogen) atoms. The summed E-state index contributed by atoms with van der Waals surface area (Å²) in [6.45, 7) is 4.78. The highest BCUT2D eigenvalue weighted by molar-refractivity contribution is 5.76. The van der Waals surface area contributed by atoms with Crippen LogP contribution in [0.5, 0.6) is 5.75 Å². The number of hydrogen-bond acceptors (Lipinski definition) is 7. The number of amides is 1. The molecule has 0 aliphatic carbocycles. The highest BCUT2D eigenvalue weighted by Crippen LogP contribution is 2.38. The Morgan fingerprint density at radius 1 is 1.02 bits per heavy atom. The number of aliphatic carboxylic acids is 1. The maximum atomic E-state index is 14.0. The van der Waals surface area contributed by atoms with Crippen LogP contribution in [-0.2, 0) is 15.8 Å². The molecule has 0 radical (unpaired) electrons. The van der Waals surface area contributed by atoms with Crippen LogP contribution < -0.4 is 9.64 Å². The SMILES string of the molecule is C.CC(=O)O.O=C(CCN1CCN(c2ccc(F)cc2F)CC1)N1CCC(Oc2ccc([N+](=O)[O-])c(C(F)(F)F)c2)CC1. The van der Waals surface area contributed by atoms with Gasteiger partial charge in [0, 0.05) is 84.1 Å². The molecule has 0 spiro atoms. The van der Waals surface area contributed by atoms with E-state index in [1.54, 1.807) is 4.90 Å². The van der Waals surface area contributed by atoms with Crippen molar-refractivity contribution in [2.45, 2.75) is 45.9 Å². The summed E-state index contributed by atoms with van der Waals surface area (Å²) in [5.74, 6) is -2.20. The molecule has 10 nitrogen and oxygen atoms in total. The maximum Gasteiger partial charge on any atom is 0.423 e. The molecule has 0 bridgehead atoms. The fourth-order valence-electron chi connectivity index (χ4n) is 4.75. The van der Waals surface area contributed by atoms with Crippen LogP contribution in [0.3, 0.4) is 0 Å². The van der Waals surface area contributed by atoms with Crippen LogP contribution in [0.15, 0.2) is 36.4 Å². The first kappa shape index (κ1) is 35.2. The molecule has 2 aliphatic rings. The summed E-state index contributed by atoms with van der Waals surface area (Å²) >= 11 is 0. The minimum atomic E-state index is -4.89. The van der Waals surface area contributed by atoms with Crippen molar-refractivity contribution in [3.8, 4) is 5.75 Å². The lowest BCUT2D eigenvalue weighted by Crippen LogP contribution is -2.48. The monoisotopic (exact) mass is 618 g/mol. The van der Waals surface area contributed by atoms with E-state index in [4.69, 9.17) is 14.6 Å². The number of hydrogen-bond donors (Lipinski definition) is 1. The van der Waals surface area contributed by atoms with Crippen LogP contribution in [0.2, 0.25) is 0 Å². The number of halogens is 5. The van der Waals surface area contributed by atoms with Gasteiger partial charge in [0.05, 0.1) is 10.6 Å². The molecule has 2 heterocycles. The number of nitro groups is 1. The number of anilines is 1. The van der Waals surface area contributed by atoms with Crippen molar-refractivity contribution < 1.29 is 46.3 Å². The lowest BCUT2D eigenvalue weighted by molar-refractivity contribution is -0.388. The number of nitrogens with zero attached hydrogens (tertiary/aromatic N) is 4. The number of carboxylic acid groups (broad SMARTS) is 1. The van der Waals surface area contributed by atoms with Crippen LogP contribution >= 0.6 is 0 Å². The molecule has 0 saturated carbocycles. The fraction of sp³-hybridized carbons (Fsp3) is 0.500. The van der Waals surface area contributed by atoms with Gasteiger partial charge in [-0.05, 0) is 24.3 Å². The molecule has 2 saturated heterocycles. The third-order valence-corrected chi connectivity index (χ3v) is 6.83. The zero-order valence-electron chi connectivity index (χ0n) is 22.8. The van der Waals surface area contributed by atoms with Gasteiger partial charge < -0.3 is 19.6 Å². The summed E-state index contributed by atoms with van der Waals surface area (Å²) in [7, 11) is 0. The van der Waals surface area contributed by atoms with Crippen LogP contribution in [0.25, 0.3) is 0 Å². The number of likely N-dealkylation sites (tertiary alicyclic amines) is 1. The van der Waals surface area contributed by atoms with Gasteiger partial charge in [0.25, 0.3) is 11.7 Å². The first-order valence-corrected chi connectivity index (χ1v) is 13.2. The molecule has 2 aromatic carbocycles. The van der Waals surface area contributed by atoms with Gasteiger partial charge in [-0.1, -0.05) is 7.43 Å². The van der Waals surface area contributed by atoms with E-state index in [1.807, 2.05) is 4.90 Å². The first-order valence-electron chi connectivity index (χ1n) is 13.2. The third kappa shape index (κ3) is 10.3. The normalized spacial score (nSPS) is 16.0. The zero-order chi connectivity index (χ0) is 31.0. The Morgan fingerprint density at radius 3 is 2.16 bits per heavy atom. The Bertz CT molecular complexity index is 1260. The van der Waals surface area contributed by atoms with Crippen molar-refractivity contribution in [2.75, 3.05) is 50.7 Å². The zero-order valence-corrected chi connectivity index (χ0v) is 22.8. The summed E-state index contributed by atoms with van der Waals surface area (Å²) in [6.07, 6.45) is -4.16.